The third kappa shape index (κ3) is 2.77. The maximum atomic E-state index is 11.9. The van der Waals surface area contributed by atoms with Crippen molar-refractivity contribution in [2.24, 2.45) is 12.2 Å². The molecule has 0 fully saturated rings. The minimum Gasteiger partial charge on any atom is -0.507 e. The number of aromatic hydroxyl groups is 1. The number of phenols is 1. The van der Waals surface area contributed by atoms with E-state index in [-0.39, 0.29) is 16.3 Å². The molecule has 0 saturated heterocycles. The van der Waals surface area contributed by atoms with Crippen molar-refractivity contribution in [1.82, 2.24) is 19.3 Å². The number of nitroso groups, excluding NO2 is 1. The summed E-state index contributed by atoms with van der Waals surface area (Å²) in [6, 6.07) is 8.55. The van der Waals surface area contributed by atoms with Gasteiger partial charge in [-0.25, -0.2) is 0 Å². The summed E-state index contributed by atoms with van der Waals surface area (Å²) in [5.74, 6) is 0.282. The summed E-state index contributed by atoms with van der Waals surface area (Å²) in [5.41, 5.74) is 2.85. The van der Waals surface area contributed by atoms with E-state index in [2.05, 4.69) is 15.4 Å². The molecule has 0 radical (unpaired) electrons. The van der Waals surface area contributed by atoms with Crippen LogP contribution in [0.4, 0.5) is 5.69 Å². The number of fused-ring (bicyclic) bond motifs is 1. The van der Waals surface area contributed by atoms with Gasteiger partial charge in [-0.2, -0.15) is 5.10 Å². The Bertz CT molecular complexity index is 1350. The van der Waals surface area contributed by atoms with Crippen molar-refractivity contribution < 1.29 is 5.11 Å². The van der Waals surface area contributed by atoms with E-state index in [9.17, 15) is 14.8 Å². The minimum absolute atomic E-state index is 0.0506. The number of phenolic OH excluding ortho intramolecular Hbond substituents is 1. The van der Waals surface area contributed by atoms with Gasteiger partial charge in [-0.3, -0.25) is 14.5 Å². The predicted molar refractivity (Wildman–Crippen MR) is 111 cm³/mol. The van der Waals surface area contributed by atoms with Gasteiger partial charge in [0.15, 0.2) is 10.6 Å². The van der Waals surface area contributed by atoms with Crippen molar-refractivity contribution in [3.05, 3.63) is 55.2 Å². The van der Waals surface area contributed by atoms with E-state index in [4.69, 9.17) is 12.2 Å². The average Bonchev–Trinajstić information content (AvgIpc) is 3.20. The Hall–Kier alpha value is -3.11. The highest BCUT2D eigenvalue weighted by atomic mass is 32.1. The van der Waals surface area contributed by atoms with Gasteiger partial charge in [0.1, 0.15) is 11.4 Å². The van der Waals surface area contributed by atoms with E-state index < -0.39 is 0 Å². The number of nitrogens with one attached hydrogen (secondary N) is 1. The van der Waals surface area contributed by atoms with Crippen LogP contribution >= 0.6 is 23.6 Å². The second kappa shape index (κ2) is 6.80. The molecule has 10 heteroatoms. The molecule has 142 valence electrons. The zero-order valence-corrected chi connectivity index (χ0v) is 16.6. The van der Waals surface area contributed by atoms with Gasteiger partial charge in [0.2, 0.25) is 0 Å². The van der Waals surface area contributed by atoms with Gasteiger partial charge in [-0.15, -0.1) is 4.91 Å². The van der Waals surface area contributed by atoms with E-state index in [0.29, 0.717) is 33.8 Å². The Labute approximate surface area is 167 Å². The van der Waals surface area contributed by atoms with E-state index in [0.717, 1.165) is 21.6 Å². The fourth-order valence-corrected chi connectivity index (χ4v) is 4.30. The molecule has 0 spiro atoms. The summed E-state index contributed by atoms with van der Waals surface area (Å²) < 4.78 is 4.43. The molecule has 0 atom stereocenters. The van der Waals surface area contributed by atoms with Crippen LogP contribution in [0.15, 0.2) is 40.3 Å². The molecule has 0 aliphatic heterocycles. The topological polar surface area (TPSA) is 105 Å². The largest absolute Gasteiger partial charge is 0.507 e. The summed E-state index contributed by atoms with van der Waals surface area (Å²) in [4.78, 5) is 22.9. The second-order valence-electron chi connectivity index (χ2n) is 6.21. The number of benzene rings is 2. The standard InChI is InChI=1S/C18H15N5O3S2/c1-3-9-6-11(14(24)8-12(9)21-26)16-19-20-17(27)23(16)10-4-5-13-15(7-10)28-18(25)22(13)2/h4-8,24H,3H2,1-2H3,(H,20,27). The molecule has 0 aliphatic rings. The van der Waals surface area contributed by atoms with Crippen LogP contribution in [0.2, 0.25) is 0 Å². The third-order valence-corrected chi connectivity index (χ3v) is 5.89. The Kier molecular flexibility index (Phi) is 4.44. The van der Waals surface area contributed by atoms with Crippen molar-refractivity contribution in [3.8, 4) is 22.8 Å². The molecule has 0 bridgehead atoms. The van der Waals surface area contributed by atoms with Crippen molar-refractivity contribution in [1.29, 1.82) is 0 Å². The molecule has 28 heavy (non-hydrogen) atoms. The minimum atomic E-state index is -0.118. The summed E-state index contributed by atoms with van der Waals surface area (Å²) in [7, 11) is 1.72. The second-order valence-corrected chi connectivity index (χ2v) is 7.59. The first-order valence-corrected chi connectivity index (χ1v) is 9.64. The lowest BCUT2D eigenvalue weighted by Crippen LogP contribution is -2.06. The maximum absolute atomic E-state index is 11.9. The molecule has 4 rings (SSSR count). The number of rotatable bonds is 4. The van der Waals surface area contributed by atoms with Gasteiger partial charge >= 0.3 is 4.87 Å². The number of aromatic nitrogens is 4. The molecule has 0 aliphatic carbocycles. The van der Waals surface area contributed by atoms with Crippen LogP contribution in [0.5, 0.6) is 5.75 Å². The van der Waals surface area contributed by atoms with Crippen molar-refractivity contribution in [3.63, 3.8) is 0 Å². The molecule has 0 saturated carbocycles. The number of hydrogen-bond donors (Lipinski definition) is 2. The van der Waals surface area contributed by atoms with Gasteiger partial charge in [0.25, 0.3) is 0 Å². The van der Waals surface area contributed by atoms with Crippen molar-refractivity contribution in [2.45, 2.75) is 13.3 Å². The highest BCUT2D eigenvalue weighted by molar-refractivity contribution is 7.71. The molecule has 2 aromatic heterocycles. The van der Waals surface area contributed by atoms with E-state index in [1.165, 1.54) is 6.07 Å². The quantitative estimate of drug-likeness (QED) is 0.386. The van der Waals surface area contributed by atoms with Gasteiger partial charge in [0.05, 0.1) is 21.5 Å². The highest BCUT2D eigenvalue weighted by Gasteiger charge is 2.18. The predicted octanol–water partition coefficient (Wildman–Crippen LogP) is 4.18. The lowest BCUT2D eigenvalue weighted by molar-refractivity contribution is 0.476. The molecular formula is C18H15N5O3S2. The van der Waals surface area contributed by atoms with E-state index >= 15 is 0 Å². The van der Waals surface area contributed by atoms with E-state index in [1.807, 2.05) is 25.1 Å². The third-order valence-electron chi connectivity index (χ3n) is 4.62. The summed E-state index contributed by atoms with van der Waals surface area (Å²) >= 11 is 6.54. The lowest BCUT2D eigenvalue weighted by atomic mass is 10.0. The van der Waals surface area contributed by atoms with Gasteiger partial charge < -0.3 is 9.67 Å². The number of nitrogens with zero attached hydrogens (tertiary/aromatic N) is 4. The van der Waals surface area contributed by atoms with Gasteiger partial charge in [0, 0.05) is 13.1 Å². The van der Waals surface area contributed by atoms with Crippen molar-refractivity contribution >= 4 is 39.5 Å². The van der Waals surface area contributed by atoms with Crippen LogP contribution in [-0.4, -0.2) is 24.4 Å². The lowest BCUT2D eigenvalue weighted by Gasteiger charge is -2.11. The Balaban J connectivity index is 1.96. The SMILES string of the molecule is CCc1cc(-c2n[nH]c(=S)n2-c2ccc3c(c2)sc(=O)n3C)c(O)cc1N=O. The molecule has 2 heterocycles. The number of aryl methyl sites for hydroxylation is 2. The van der Waals surface area contributed by atoms with Crippen LogP contribution in [0.1, 0.15) is 12.5 Å². The van der Waals surface area contributed by atoms with Gasteiger partial charge in [-0.1, -0.05) is 18.3 Å². The number of H-pyrrole nitrogens is 1. The average molecular weight is 413 g/mol. The fraction of sp³-hybridized carbons (Fsp3) is 0.167. The highest BCUT2D eigenvalue weighted by Crippen LogP contribution is 2.36. The van der Waals surface area contributed by atoms with Crippen molar-refractivity contribution in [2.75, 3.05) is 0 Å². The van der Waals surface area contributed by atoms with Crippen LogP contribution in [0.3, 0.4) is 0 Å². The number of hydrogen-bond acceptors (Lipinski definition) is 7. The Morgan fingerprint density at radius 3 is 2.82 bits per heavy atom. The fourth-order valence-electron chi connectivity index (χ4n) is 3.15. The molecule has 2 aromatic carbocycles. The van der Waals surface area contributed by atoms with Crippen LogP contribution in [0.25, 0.3) is 27.3 Å². The Morgan fingerprint density at radius 1 is 1.32 bits per heavy atom. The molecular weight excluding hydrogens is 398 g/mol. The van der Waals surface area contributed by atoms with Crippen LogP contribution < -0.4 is 4.87 Å². The summed E-state index contributed by atoms with van der Waals surface area (Å²) in [5, 5.41) is 20.4. The summed E-state index contributed by atoms with van der Waals surface area (Å²) in [6.45, 7) is 1.90. The van der Waals surface area contributed by atoms with Crippen LogP contribution in [0, 0.1) is 9.68 Å². The smallest absolute Gasteiger partial charge is 0.307 e. The normalized spacial score (nSPS) is 11.2. The molecule has 4 aromatic rings. The first kappa shape index (κ1) is 18.3. The number of thiazole rings is 1. The maximum Gasteiger partial charge on any atom is 0.307 e. The first-order chi connectivity index (χ1) is 13.4. The zero-order valence-electron chi connectivity index (χ0n) is 15.0. The molecule has 0 amide bonds. The molecule has 0 unspecified atom stereocenters. The van der Waals surface area contributed by atoms with E-state index in [1.54, 1.807) is 22.2 Å². The Morgan fingerprint density at radius 2 is 2.11 bits per heavy atom. The van der Waals surface area contributed by atoms with Gasteiger partial charge in [-0.05, 0) is 53.6 Å². The monoisotopic (exact) mass is 413 g/mol. The van der Waals surface area contributed by atoms with Crippen LogP contribution in [-0.2, 0) is 13.5 Å². The molecule has 8 nitrogen and oxygen atoms in total. The molecule has 2 N–H and O–H groups in total. The zero-order chi connectivity index (χ0) is 20.0. The number of aromatic amines is 1. The summed E-state index contributed by atoms with van der Waals surface area (Å²) in [6.07, 6.45) is 0.573. The first-order valence-electron chi connectivity index (χ1n) is 8.41.